The molecule has 1 aliphatic rings. The van der Waals surface area contributed by atoms with Crippen LogP contribution in [0.5, 0.6) is 5.75 Å². The first kappa shape index (κ1) is 20.2. The second kappa shape index (κ2) is 8.53. The Bertz CT molecular complexity index is 761. The molecule has 0 radical (unpaired) electrons. The van der Waals surface area contributed by atoms with Crippen molar-refractivity contribution in [2.24, 2.45) is 0 Å². The van der Waals surface area contributed by atoms with E-state index in [1.165, 1.54) is 7.11 Å². The summed E-state index contributed by atoms with van der Waals surface area (Å²) in [6, 6.07) is 6.09. The van der Waals surface area contributed by atoms with Gasteiger partial charge in [-0.2, -0.15) is 0 Å². The van der Waals surface area contributed by atoms with Crippen LogP contribution in [0.15, 0.2) is 24.3 Å². The third kappa shape index (κ3) is 4.75. The first-order valence-corrected chi connectivity index (χ1v) is 10.4. The zero-order chi connectivity index (χ0) is 19.3. The van der Waals surface area contributed by atoms with Gasteiger partial charge in [0.2, 0.25) is 0 Å². The molecule has 1 amide bonds. The minimum atomic E-state index is -3.12. The van der Waals surface area contributed by atoms with Gasteiger partial charge in [0.15, 0.2) is 16.4 Å². The van der Waals surface area contributed by atoms with Crippen molar-refractivity contribution in [3.05, 3.63) is 29.8 Å². The van der Waals surface area contributed by atoms with Crippen molar-refractivity contribution in [1.82, 2.24) is 4.90 Å². The van der Waals surface area contributed by atoms with Crippen LogP contribution >= 0.6 is 0 Å². The van der Waals surface area contributed by atoms with E-state index >= 15 is 0 Å². The Kier molecular flexibility index (Phi) is 6.63. The summed E-state index contributed by atoms with van der Waals surface area (Å²) in [4.78, 5) is 26.5. The molecule has 1 heterocycles. The number of esters is 1. The van der Waals surface area contributed by atoms with Gasteiger partial charge in [-0.25, -0.2) is 13.2 Å². The highest BCUT2D eigenvalue weighted by molar-refractivity contribution is 7.91. The first-order chi connectivity index (χ1) is 12.3. The van der Waals surface area contributed by atoms with E-state index in [9.17, 15) is 18.0 Å². The summed E-state index contributed by atoms with van der Waals surface area (Å²) in [5.41, 5.74) is 0.237. The lowest BCUT2D eigenvalue weighted by Crippen LogP contribution is -2.48. The van der Waals surface area contributed by atoms with Gasteiger partial charge in [-0.1, -0.05) is 19.1 Å². The summed E-state index contributed by atoms with van der Waals surface area (Å²) >= 11 is 0. The van der Waals surface area contributed by atoms with Crippen molar-refractivity contribution in [3.8, 4) is 5.75 Å². The number of methoxy groups -OCH3 is 1. The Morgan fingerprint density at radius 3 is 2.58 bits per heavy atom. The maximum atomic E-state index is 12.7. The minimum absolute atomic E-state index is 0.0382. The Morgan fingerprint density at radius 1 is 1.31 bits per heavy atom. The van der Waals surface area contributed by atoms with Crippen molar-refractivity contribution in [2.75, 3.05) is 25.2 Å². The molecule has 0 saturated carbocycles. The summed E-state index contributed by atoms with van der Waals surface area (Å²) < 4.78 is 33.8. The van der Waals surface area contributed by atoms with Crippen LogP contribution in [-0.4, -0.2) is 62.5 Å². The lowest BCUT2D eigenvalue weighted by molar-refractivity contribution is -0.138. The van der Waals surface area contributed by atoms with Gasteiger partial charge in [0.1, 0.15) is 11.3 Å². The van der Waals surface area contributed by atoms with E-state index in [-0.39, 0.29) is 35.1 Å². The number of benzene rings is 1. The van der Waals surface area contributed by atoms with Crippen molar-refractivity contribution < 1.29 is 27.5 Å². The number of ether oxygens (including phenoxy) is 2. The van der Waals surface area contributed by atoms with Crippen molar-refractivity contribution in [3.63, 3.8) is 0 Å². The molecule has 1 saturated heterocycles. The molecule has 0 bridgehead atoms. The van der Waals surface area contributed by atoms with Gasteiger partial charge in [-0.15, -0.1) is 0 Å². The molecule has 8 heteroatoms. The van der Waals surface area contributed by atoms with Crippen LogP contribution in [0.4, 0.5) is 0 Å². The SMILES string of the molecule is CC[C@H](C)N(C(=O)COC(=O)c1ccccc1OC)[C@H]1CCS(=O)(=O)C1. The number of carbonyl (C=O) groups is 2. The van der Waals surface area contributed by atoms with Gasteiger partial charge >= 0.3 is 5.97 Å². The number of carbonyl (C=O) groups excluding carboxylic acids is 2. The minimum Gasteiger partial charge on any atom is -0.496 e. The van der Waals surface area contributed by atoms with E-state index in [1.807, 2.05) is 13.8 Å². The smallest absolute Gasteiger partial charge is 0.342 e. The van der Waals surface area contributed by atoms with Gasteiger partial charge < -0.3 is 14.4 Å². The Hall–Kier alpha value is -2.09. The van der Waals surface area contributed by atoms with Gasteiger partial charge in [-0.3, -0.25) is 4.79 Å². The number of sulfone groups is 1. The molecule has 0 aromatic heterocycles. The van der Waals surface area contributed by atoms with E-state index in [4.69, 9.17) is 9.47 Å². The molecule has 1 aromatic rings. The average Bonchev–Trinajstić information content (AvgIpc) is 2.98. The van der Waals surface area contributed by atoms with Gasteiger partial charge in [0.25, 0.3) is 5.91 Å². The Morgan fingerprint density at radius 2 is 2.00 bits per heavy atom. The number of nitrogens with zero attached hydrogens (tertiary/aromatic N) is 1. The van der Waals surface area contributed by atoms with Crippen LogP contribution in [0.2, 0.25) is 0 Å². The number of hydrogen-bond donors (Lipinski definition) is 0. The Labute approximate surface area is 154 Å². The third-order valence-electron chi connectivity index (χ3n) is 4.61. The van der Waals surface area contributed by atoms with E-state index in [0.717, 1.165) is 0 Å². The average molecular weight is 383 g/mol. The maximum absolute atomic E-state index is 12.7. The normalized spacial score (nSPS) is 19.6. The summed E-state index contributed by atoms with van der Waals surface area (Å²) in [6.07, 6.45) is 1.10. The predicted molar refractivity (Wildman–Crippen MR) is 96.9 cm³/mol. The number of amides is 1. The fourth-order valence-electron chi connectivity index (χ4n) is 3.09. The molecule has 2 atom stereocenters. The van der Waals surface area contributed by atoms with Crippen molar-refractivity contribution in [2.45, 2.75) is 38.8 Å². The summed E-state index contributed by atoms with van der Waals surface area (Å²) in [6.45, 7) is 3.36. The molecule has 7 nitrogen and oxygen atoms in total. The van der Waals surface area contributed by atoms with Crippen LogP contribution in [0.3, 0.4) is 0 Å². The zero-order valence-electron chi connectivity index (χ0n) is 15.3. The lowest BCUT2D eigenvalue weighted by atomic mass is 10.1. The monoisotopic (exact) mass is 383 g/mol. The quantitative estimate of drug-likeness (QED) is 0.665. The topological polar surface area (TPSA) is 90.0 Å². The molecule has 0 N–H and O–H groups in total. The highest BCUT2D eigenvalue weighted by Gasteiger charge is 2.36. The number of hydrogen-bond acceptors (Lipinski definition) is 6. The highest BCUT2D eigenvalue weighted by Crippen LogP contribution is 2.22. The van der Waals surface area contributed by atoms with E-state index in [0.29, 0.717) is 18.6 Å². The van der Waals surface area contributed by atoms with Crippen LogP contribution in [0, 0.1) is 0 Å². The second-order valence-electron chi connectivity index (χ2n) is 6.39. The molecular weight excluding hydrogens is 358 g/mol. The summed E-state index contributed by atoms with van der Waals surface area (Å²) in [5, 5.41) is 0. The zero-order valence-corrected chi connectivity index (χ0v) is 16.1. The molecule has 0 spiro atoms. The molecule has 1 aliphatic heterocycles. The van der Waals surface area contributed by atoms with Gasteiger partial charge in [0, 0.05) is 12.1 Å². The maximum Gasteiger partial charge on any atom is 0.342 e. The van der Waals surface area contributed by atoms with Crippen LogP contribution in [-0.2, 0) is 19.4 Å². The van der Waals surface area contributed by atoms with E-state index in [2.05, 4.69) is 0 Å². The summed E-state index contributed by atoms with van der Waals surface area (Å²) in [5.74, 6) is -0.628. The highest BCUT2D eigenvalue weighted by atomic mass is 32.2. The molecule has 144 valence electrons. The van der Waals surface area contributed by atoms with Crippen molar-refractivity contribution in [1.29, 1.82) is 0 Å². The molecule has 1 aromatic carbocycles. The summed E-state index contributed by atoms with van der Waals surface area (Å²) in [7, 11) is -1.67. The molecular formula is C18H25NO6S. The molecule has 0 aliphatic carbocycles. The first-order valence-electron chi connectivity index (χ1n) is 8.60. The standard InChI is InChI=1S/C18H25NO6S/c1-4-13(2)19(14-9-10-26(22,23)12-14)17(20)11-25-18(21)15-7-5-6-8-16(15)24-3/h5-8,13-14H,4,9-12H2,1-3H3/t13-,14-/m0/s1. The largest absolute Gasteiger partial charge is 0.496 e. The predicted octanol–water partition coefficient (Wildman–Crippen LogP) is 1.67. The van der Waals surface area contributed by atoms with Gasteiger partial charge in [0.05, 0.1) is 18.6 Å². The lowest BCUT2D eigenvalue weighted by Gasteiger charge is -2.33. The number of para-hydroxylation sites is 1. The van der Waals surface area contributed by atoms with E-state index in [1.54, 1.807) is 29.2 Å². The van der Waals surface area contributed by atoms with Crippen LogP contribution < -0.4 is 4.74 Å². The van der Waals surface area contributed by atoms with Crippen LogP contribution in [0.25, 0.3) is 0 Å². The molecule has 26 heavy (non-hydrogen) atoms. The Balaban J connectivity index is 2.06. The van der Waals surface area contributed by atoms with Crippen LogP contribution in [0.1, 0.15) is 37.0 Å². The molecule has 0 unspecified atom stereocenters. The number of rotatable bonds is 7. The fourth-order valence-corrected chi connectivity index (χ4v) is 4.81. The molecule has 1 fully saturated rings. The van der Waals surface area contributed by atoms with Gasteiger partial charge in [-0.05, 0) is 31.9 Å². The second-order valence-corrected chi connectivity index (χ2v) is 8.62. The molecule has 2 rings (SSSR count). The fraction of sp³-hybridized carbons (Fsp3) is 0.556. The third-order valence-corrected chi connectivity index (χ3v) is 6.36. The van der Waals surface area contributed by atoms with Crippen molar-refractivity contribution >= 4 is 21.7 Å². The van der Waals surface area contributed by atoms with E-state index < -0.39 is 22.4 Å².